The van der Waals surface area contributed by atoms with E-state index in [4.69, 9.17) is 21.1 Å². The van der Waals surface area contributed by atoms with Crippen LogP contribution in [-0.2, 0) is 9.53 Å². The van der Waals surface area contributed by atoms with Crippen molar-refractivity contribution in [1.82, 2.24) is 5.32 Å². The van der Waals surface area contributed by atoms with Crippen LogP contribution in [0.3, 0.4) is 0 Å². The van der Waals surface area contributed by atoms with Crippen LogP contribution in [0.5, 0.6) is 5.75 Å². The largest absolute Gasteiger partial charge is 0.488 e. The summed E-state index contributed by atoms with van der Waals surface area (Å²) < 4.78 is 11.6. The molecule has 7 heteroatoms. The summed E-state index contributed by atoms with van der Waals surface area (Å²) in [4.78, 5) is 11.5. The number of carbonyl (C=O) groups excluding carboxylic acids is 1. The molecule has 2 atom stereocenters. The maximum atomic E-state index is 11.5. The van der Waals surface area contributed by atoms with Crippen LogP contribution in [0.2, 0.25) is 5.02 Å². The number of carbonyl (C=O) groups is 1. The minimum Gasteiger partial charge on any atom is -0.488 e. The average molecular weight is 399 g/mol. The third kappa shape index (κ3) is 4.03. The van der Waals surface area contributed by atoms with Gasteiger partial charge in [-0.2, -0.15) is 0 Å². The van der Waals surface area contributed by atoms with Gasteiger partial charge in [0, 0.05) is 18.0 Å². The molecule has 2 rings (SSSR count). The van der Waals surface area contributed by atoms with Crippen LogP contribution in [0.1, 0.15) is 17.5 Å². The average Bonchev–Trinajstić information content (AvgIpc) is 2.90. The van der Waals surface area contributed by atoms with Crippen molar-refractivity contribution in [2.24, 2.45) is 0 Å². The van der Waals surface area contributed by atoms with Gasteiger partial charge in [-0.25, -0.2) is 0 Å². The monoisotopic (exact) mass is 397 g/mol. The number of hydrogen-bond acceptors (Lipinski definition) is 4. The summed E-state index contributed by atoms with van der Waals surface area (Å²) in [5.74, 6) is 0.500. The lowest BCUT2D eigenvalue weighted by atomic mass is 10.1. The zero-order valence-corrected chi connectivity index (χ0v) is 15.2. The first-order valence-electron chi connectivity index (χ1n) is 6.37. The highest BCUT2D eigenvalue weighted by Crippen LogP contribution is 2.36. The molecule has 4 nitrogen and oxygen atoms in total. The third-order valence-electron chi connectivity index (χ3n) is 3.44. The summed E-state index contributed by atoms with van der Waals surface area (Å²) >= 11 is 9.70. The van der Waals surface area contributed by atoms with E-state index in [1.807, 2.05) is 19.9 Å². The van der Waals surface area contributed by atoms with Crippen molar-refractivity contribution in [2.45, 2.75) is 32.4 Å². The van der Waals surface area contributed by atoms with Crippen molar-refractivity contribution in [3.63, 3.8) is 0 Å². The topological polar surface area (TPSA) is 47.6 Å². The summed E-state index contributed by atoms with van der Waals surface area (Å²) in [5, 5.41) is 3.83. The predicted molar refractivity (Wildman–Crippen MR) is 88.7 cm³/mol. The standard InChI is InChI=1S/C14H17BrClNO3.ClH/c1-7-4-11(12(15)8(2)13(7)16)20-9-5-10(17-6-9)14(18)19-3;/h4,9-10,17H,5-6H2,1-3H3;1H. The molecule has 1 heterocycles. The number of rotatable bonds is 3. The van der Waals surface area contributed by atoms with Crippen LogP contribution in [0.25, 0.3) is 0 Å². The van der Waals surface area contributed by atoms with Crippen LogP contribution in [-0.4, -0.2) is 31.8 Å². The summed E-state index contributed by atoms with van der Waals surface area (Å²) in [7, 11) is 1.39. The molecule has 0 aromatic heterocycles. The number of halogens is 3. The van der Waals surface area contributed by atoms with Crippen molar-refractivity contribution < 1.29 is 14.3 Å². The highest BCUT2D eigenvalue weighted by Gasteiger charge is 2.31. The molecule has 0 aliphatic carbocycles. The van der Waals surface area contributed by atoms with Crippen molar-refractivity contribution >= 4 is 45.9 Å². The lowest BCUT2D eigenvalue weighted by Gasteiger charge is -2.17. The molecule has 1 N–H and O–H groups in total. The molecule has 1 saturated heterocycles. The Morgan fingerprint density at radius 3 is 2.76 bits per heavy atom. The number of hydrogen-bond donors (Lipinski definition) is 1. The Labute approximate surface area is 144 Å². The molecule has 1 fully saturated rings. The molecule has 21 heavy (non-hydrogen) atoms. The van der Waals surface area contributed by atoms with E-state index in [9.17, 15) is 4.79 Å². The number of aryl methyl sites for hydroxylation is 1. The quantitative estimate of drug-likeness (QED) is 0.792. The van der Waals surface area contributed by atoms with E-state index in [1.165, 1.54) is 7.11 Å². The lowest BCUT2D eigenvalue weighted by Crippen LogP contribution is -2.31. The fourth-order valence-corrected chi connectivity index (χ4v) is 2.95. The third-order valence-corrected chi connectivity index (χ3v) is 5.01. The van der Waals surface area contributed by atoms with Gasteiger partial charge < -0.3 is 14.8 Å². The Kier molecular flexibility index (Phi) is 6.78. The second-order valence-electron chi connectivity index (χ2n) is 4.90. The van der Waals surface area contributed by atoms with Gasteiger partial charge in [0.25, 0.3) is 0 Å². The number of benzene rings is 1. The van der Waals surface area contributed by atoms with Gasteiger partial charge >= 0.3 is 5.97 Å². The molecule has 0 bridgehead atoms. The van der Waals surface area contributed by atoms with Gasteiger partial charge in [-0.15, -0.1) is 12.4 Å². The molecule has 118 valence electrons. The molecule has 0 saturated carbocycles. The molecule has 0 amide bonds. The van der Waals surface area contributed by atoms with E-state index in [1.54, 1.807) is 0 Å². The van der Waals surface area contributed by atoms with E-state index < -0.39 is 0 Å². The van der Waals surface area contributed by atoms with Crippen LogP contribution in [0, 0.1) is 13.8 Å². The molecule has 1 aliphatic heterocycles. The van der Waals surface area contributed by atoms with Gasteiger partial charge in [-0.3, -0.25) is 4.79 Å². The summed E-state index contributed by atoms with van der Waals surface area (Å²) in [6.07, 6.45) is 0.537. The summed E-state index contributed by atoms with van der Waals surface area (Å²) in [5.41, 5.74) is 1.93. The van der Waals surface area contributed by atoms with E-state index in [0.717, 1.165) is 26.4 Å². The fourth-order valence-electron chi connectivity index (χ4n) is 2.28. The maximum absolute atomic E-state index is 11.5. The van der Waals surface area contributed by atoms with Crippen LogP contribution in [0.4, 0.5) is 0 Å². The predicted octanol–water partition coefficient (Wildman–Crippen LogP) is 3.42. The number of methoxy groups -OCH3 is 1. The van der Waals surface area contributed by atoms with Gasteiger partial charge in [0.1, 0.15) is 17.9 Å². The second kappa shape index (κ2) is 7.68. The van der Waals surface area contributed by atoms with Crippen molar-refractivity contribution in [3.05, 3.63) is 26.7 Å². The minimum absolute atomic E-state index is 0. The van der Waals surface area contributed by atoms with Crippen molar-refractivity contribution in [3.8, 4) is 5.75 Å². The molecule has 1 aromatic carbocycles. The van der Waals surface area contributed by atoms with Crippen molar-refractivity contribution in [2.75, 3.05) is 13.7 Å². The number of esters is 1. The van der Waals surface area contributed by atoms with Crippen LogP contribution in [0.15, 0.2) is 10.5 Å². The number of nitrogens with one attached hydrogen (secondary N) is 1. The molecular weight excluding hydrogens is 381 g/mol. The molecule has 0 radical (unpaired) electrons. The Hall–Kier alpha value is -0.490. The smallest absolute Gasteiger partial charge is 0.323 e. The van der Waals surface area contributed by atoms with E-state index in [0.29, 0.717) is 13.0 Å². The molecule has 1 aliphatic rings. The highest BCUT2D eigenvalue weighted by molar-refractivity contribution is 9.10. The van der Waals surface area contributed by atoms with E-state index in [2.05, 4.69) is 21.2 Å². The highest BCUT2D eigenvalue weighted by atomic mass is 79.9. The molecule has 2 unspecified atom stereocenters. The summed E-state index contributed by atoms with van der Waals surface area (Å²) in [6.45, 7) is 4.50. The van der Waals surface area contributed by atoms with Crippen LogP contribution >= 0.6 is 39.9 Å². The van der Waals surface area contributed by atoms with Gasteiger partial charge in [0.15, 0.2) is 0 Å². The Morgan fingerprint density at radius 2 is 2.14 bits per heavy atom. The first-order valence-corrected chi connectivity index (χ1v) is 7.54. The van der Waals surface area contributed by atoms with E-state index in [-0.39, 0.29) is 30.5 Å². The first-order chi connectivity index (χ1) is 9.43. The van der Waals surface area contributed by atoms with Gasteiger partial charge in [-0.05, 0) is 47.0 Å². The Morgan fingerprint density at radius 1 is 1.48 bits per heavy atom. The fraction of sp³-hybridized carbons (Fsp3) is 0.500. The van der Waals surface area contributed by atoms with Gasteiger partial charge in [0.2, 0.25) is 0 Å². The molecular formula is C14H18BrCl2NO3. The van der Waals surface area contributed by atoms with Crippen LogP contribution < -0.4 is 10.1 Å². The normalized spacial score (nSPS) is 20.8. The second-order valence-corrected chi connectivity index (χ2v) is 6.08. The number of ether oxygens (including phenoxy) is 2. The zero-order chi connectivity index (χ0) is 14.9. The minimum atomic E-state index is -0.293. The van der Waals surface area contributed by atoms with E-state index >= 15 is 0 Å². The van der Waals surface area contributed by atoms with Crippen molar-refractivity contribution in [1.29, 1.82) is 0 Å². The zero-order valence-electron chi connectivity index (χ0n) is 12.0. The Balaban J connectivity index is 0.00000220. The molecule has 0 spiro atoms. The Bertz CT molecular complexity index is 539. The lowest BCUT2D eigenvalue weighted by molar-refractivity contribution is -0.142. The first kappa shape index (κ1) is 18.6. The SMILES string of the molecule is COC(=O)C1CC(Oc2cc(C)c(Cl)c(C)c2Br)CN1.Cl. The molecule has 1 aromatic rings. The summed E-state index contributed by atoms with van der Waals surface area (Å²) in [6, 6.07) is 1.61. The van der Waals surface area contributed by atoms with Gasteiger partial charge in [-0.1, -0.05) is 11.6 Å². The maximum Gasteiger partial charge on any atom is 0.323 e. The van der Waals surface area contributed by atoms with Gasteiger partial charge in [0.05, 0.1) is 11.6 Å².